The third-order valence-electron chi connectivity index (χ3n) is 6.48. The maximum atomic E-state index is 14.7. The van der Waals surface area contributed by atoms with E-state index in [1.54, 1.807) is 42.5 Å². The second kappa shape index (κ2) is 17.1. The van der Waals surface area contributed by atoms with E-state index in [0.717, 1.165) is 17.2 Å². The molecule has 4 heterocycles. The first-order valence-electron chi connectivity index (χ1n) is 14.5. The average molecular weight is 826 g/mol. The molecule has 4 aromatic rings. The number of piperazine rings is 1. The van der Waals surface area contributed by atoms with Crippen molar-refractivity contribution in [1.29, 1.82) is 0 Å². The van der Waals surface area contributed by atoms with Crippen LogP contribution in [0.15, 0.2) is 48.8 Å². The molecule has 1 amide bonds. The number of ether oxygens (including phenoxy) is 1. The number of nitrogens with zero attached hydrogens (tertiary/aromatic N) is 7. The Morgan fingerprint density at radius 3 is 2.41 bits per heavy atom. The van der Waals surface area contributed by atoms with E-state index in [9.17, 15) is 9.18 Å². The van der Waals surface area contributed by atoms with Crippen molar-refractivity contribution in [2.45, 2.75) is 40.2 Å². The summed E-state index contributed by atoms with van der Waals surface area (Å²) in [4.78, 5) is 34.9. The zero-order chi connectivity index (χ0) is 33.9. The molecule has 3 aromatic heterocycles. The minimum absolute atomic E-state index is 0.182. The van der Waals surface area contributed by atoms with E-state index in [1.165, 1.54) is 17.4 Å². The fourth-order valence-electron chi connectivity index (χ4n) is 4.28. The van der Waals surface area contributed by atoms with E-state index < -0.39 is 11.4 Å². The number of carbonyl (C=O) groups excluding carboxylic acids is 1. The SMILES string of the molecule is CC[N-]C.Cc1nc(-c2cccc([NH-])c2F)c(-c2ccnc(Nc3ccc(N4CCN(C(=O)OC(C)(C)C)CC4)cn3)n2)s1.[O]=[Os]. The molecular weight excluding hydrogens is 788 g/mol. The van der Waals surface area contributed by atoms with Crippen molar-refractivity contribution in [3.63, 3.8) is 0 Å². The van der Waals surface area contributed by atoms with E-state index in [2.05, 4.69) is 35.5 Å². The predicted octanol–water partition coefficient (Wildman–Crippen LogP) is 7.48. The van der Waals surface area contributed by atoms with Crippen molar-refractivity contribution >= 4 is 40.6 Å². The van der Waals surface area contributed by atoms with Gasteiger partial charge in [0.2, 0.25) is 5.95 Å². The third-order valence-corrected chi connectivity index (χ3v) is 7.47. The van der Waals surface area contributed by atoms with E-state index in [1.807, 2.05) is 46.8 Å². The molecule has 1 saturated heterocycles. The van der Waals surface area contributed by atoms with Gasteiger partial charge in [-0.15, -0.1) is 17.0 Å². The van der Waals surface area contributed by atoms with Gasteiger partial charge in [0, 0.05) is 37.9 Å². The van der Waals surface area contributed by atoms with Gasteiger partial charge in [0.05, 0.1) is 33.2 Å². The number of hydrogen-bond donors (Lipinski definition) is 1. The standard InChI is InChI=1S/C28H30FN8O2S.C3H8N.O.Os/c1-17-33-24(19-6-5-7-20(30)23(19)29)25(40-17)21-10-11-31-26(34-21)35-22-9-8-18(16-32-22)36-12-14-37(15-13-36)27(38)39-28(2,3)4;1-3-4-2;;/h5-11,16,30H,12-15H2,1-4H3,(H,31,32,34,35);3H2,1-2H3;;/q2*-1;;. The number of rotatable bonds is 6. The van der Waals surface area contributed by atoms with Crippen LogP contribution in [-0.4, -0.2) is 76.3 Å². The normalized spacial score (nSPS) is 12.8. The second-order valence-corrected chi connectivity index (χ2v) is 12.2. The number of halogens is 1. The minimum atomic E-state index is -0.614. The van der Waals surface area contributed by atoms with Crippen LogP contribution < -0.4 is 10.2 Å². The Hall–Kier alpha value is -3.92. The van der Waals surface area contributed by atoms with Gasteiger partial charge in [0.1, 0.15) is 17.2 Å². The summed E-state index contributed by atoms with van der Waals surface area (Å²) in [7, 11) is 1.81. The maximum absolute atomic E-state index is 14.7. The molecule has 248 valence electrons. The number of hydrogen-bond acceptors (Lipinski definition) is 10. The molecule has 0 radical (unpaired) electrons. The molecule has 15 heteroatoms. The van der Waals surface area contributed by atoms with Crippen molar-refractivity contribution in [2.24, 2.45) is 0 Å². The molecule has 0 unspecified atom stereocenters. The first kappa shape index (κ1) is 36.5. The number of amides is 1. The molecule has 0 spiro atoms. The average Bonchev–Trinajstić information content (AvgIpc) is 3.44. The second-order valence-electron chi connectivity index (χ2n) is 11.0. The number of aryl methyl sites for hydroxylation is 1. The van der Waals surface area contributed by atoms with Crippen LogP contribution in [0.4, 0.5) is 32.3 Å². The molecule has 0 bridgehead atoms. The van der Waals surface area contributed by atoms with Gasteiger partial charge >= 0.3 is 28.2 Å². The Balaban J connectivity index is 0.000000891. The summed E-state index contributed by atoms with van der Waals surface area (Å²) in [5.41, 5.74) is 9.38. The van der Waals surface area contributed by atoms with Crippen LogP contribution in [0.2, 0.25) is 0 Å². The molecule has 1 aromatic carbocycles. The molecule has 5 rings (SSSR count). The van der Waals surface area contributed by atoms with Crippen LogP contribution in [0.1, 0.15) is 32.7 Å². The summed E-state index contributed by atoms with van der Waals surface area (Å²) < 4.78 is 28.5. The Kier molecular flexibility index (Phi) is 13.6. The summed E-state index contributed by atoms with van der Waals surface area (Å²) in [5, 5.41) is 7.63. The molecule has 46 heavy (non-hydrogen) atoms. The Bertz CT molecular complexity index is 1570. The number of nitrogens with one attached hydrogen (secondary N) is 2. The third kappa shape index (κ3) is 10.0. The summed E-state index contributed by atoms with van der Waals surface area (Å²) in [6.07, 6.45) is 3.11. The van der Waals surface area contributed by atoms with Gasteiger partial charge in [0.15, 0.2) is 0 Å². The zero-order valence-electron chi connectivity index (χ0n) is 26.6. The van der Waals surface area contributed by atoms with Crippen molar-refractivity contribution in [3.8, 4) is 21.8 Å². The fourth-order valence-corrected chi connectivity index (χ4v) is 5.18. The van der Waals surface area contributed by atoms with E-state index in [4.69, 9.17) is 14.0 Å². The number of benzene rings is 1. The topological polar surface area (TPSA) is 151 Å². The Labute approximate surface area is 283 Å². The van der Waals surface area contributed by atoms with Crippen molar-refractivity contribution in [1.82, 2.24) is 24.8 Å². The van der Waals surface area contributed by atoms with E-state index in [0.29, 0.717) is 72.8 Å². The zero-order valence-corrected chi connectivity index (χ0v) is 30.0. The molecule has 0 saturated carbocycles. The summed E-state index contributed by atoms with van der Waals surface area (Å²) >= 11 is 2.01. The monoisotopic (exact) mass is 827 g/mol. The fraction of sp³-hybridized carbons (Fsp3) is 0.387. The van der Waals surface area contributed by atoms with Gasteiger partial charge < -0.3 is 30.9 Å². The van der Waals surface area contributed by atoms with Crippen LogP contribution in [0.5, 0.6) is 0 Å². The van der Waals surface area contributed by atoms with Gasteiger partial charge in [-0.25, -0.2) is 29.1 Å². The molecule has 12 nitrogen and oxygen atoms in total. The van der Waals surface area contributed by atoms with Gasteiger partial charge in [-0.3, -0.25) is 0 Å². The van der Waals surface area contributed by atoms with Gasteiger partial charge in [0.25, 0.3) is 0 Å². The van der Waals surface area contributed by atoms with Crippen LogP contribution in [0.3, 0.4) is 0 Å². The van der Waals surface area contributed by atoms with Crippen LogP contribution in [0.25, 0.3) is 32.9 Å². The number of carbonyl (C=O) groups is 1. The van der Waals surface area contributed by atoms with Crippen molar-refractivity contribution in [3.05, 3.63) is 70.7 Å². The van der Waals surface area contributed by atoms with Gasteiger partial charge in [-0.1, -0.05) is 19.1 Å². The summed E-state index contributed by atoms with van der Waals surface area (Å²) in [6.45, 7) is 12.9. The Morgan fingerprint density at radius 2 is 1.80 bits per heavy atom. The molecule has 1 fully saturated rings. The number of aromatic nitrogens is 4. The quantitative estimate of drug-likeness (QED) is 0.209. The molecular formula is C31H38FN9O3OsS-2. The molecule has 2 N–H and O–H groups in total. The molecule has 1 aliphatic heterocycles. The van der Waals surface area contributed by atoms with Crippen molar-refractivity contribution in [2.75, 3.05) is 50.0 Å². The predicted molar refractivity (Wildman–Crippen MR) is 175 cm³/mol. The number of thiazole rings is 1. The molecule has 0 aliphatic carbocycles. The number of pyridine rings is 1. The molecule has 0 atom stereocenters. The van der Waals surface area contributed by atoms with Gasteiger partial charge in [-0.05, 0) is 52.0 Å². The van der Waals surface area contributed by atoms with E-state index in [-0.39, 0.29) is 17.3 Å². The van der Waals surface area contributed by atoms with Crippen LogP contribution >= 0.6 is 11.3 Å². The first-order valence-corrected chi connectivity index (χ1v) is 16.3. The van der Waals surface area contributed by atoms with Crippen molar-refractivity contribution < 1.29 is 36.0 Å². The molecule has 1 aliphatic rings. The summed E-state index contributed by atoms with van der Waals surface area (Å²) in [6, 6.07) is 10.2. The first-order chi connectivity index (χ1) is 22.0. The van der Waals surface area contributed by atoms with E-state index >= 15 is 0 Å². The Morgan fingerprint density at radius 1 is 1.11 bits per heavy atom. The number of anilines is 3. The van der Waals surface area contributed by atoms with Gasteiger partial charge in [-0.2, -0.15) is 13.6 Å². The summed E-state index contributed by atoms with van der Waals surface area (Å²) in [5.74, 6) is 0.300. The van der Waals surface area contributed by atoms with Crippen LogP contribution in [0, 0.1) is 12.7 Å². The van der Waals surface area contributed by atoms with Crippen LogP contribution in [-0.2, 0) is 26.8 Å².